The Balaban J connectivity index is 1.70. The maximum absolute atomic E-state index is 12.6. The van der Waals surface area contributed by atoms with E-state index in [0.717, 1.165) is 4.88 Å². The topological polar surface area (TPSA) is 67.4 Å². The van der Waals surface area contributed by atoms with Gasteiger partial charge in [0, 0.05) is 23.1 Å². The monoisotopic (exact) mass is 400 g/mol. The van der Waals surface area contributed by atoms with Crippen LogP contribution in [-0.2, 0) is 11.4 Å². The molecule has 0 unspecified atom stereocenters. The third-order valence-corrected chi connectivity index (χ3v) is 4.77. The van der Waals surface area contributed by atoms with E-state index < -0.39 is 0 Å². The van der Waals surface area contributed by atoms with Gasteiger partial charge in [-0.25, -0.2) is 0 Å². The molecule has 0 atom stereocenters. The first kappa shape index (κ1) is 18.9. The standard InChI is InChI=1S/C20H17ClN2O3S/c1-13(24)22-15-7-8-18(21)19(11-15)23-20(25)14-4-2-5-16(10-14)26-12-17-6-3-9-27-17/h2-11H,12H2,1H3,(H,22,24)(H,23,25). The molecule has 0 saturated heterocycles. The normalized spacial score (nSPS) is 10.3. The van der Waals surface area contributed by atoms with E-state index in [2.05, 4.69) is 10.6 Å². The van der Waals surface area contributed by atoms with Gasteiger partial charge in [0.15, 0.2) is 0 Å². The maximum atomic E-state index is 12.6. The lowest BCUT2D eigenvalue weighted by atomic mass is 10.2. The van der Waals surface area contributed by atoms with Gasteiger partial charge in [0.2, 0.25) is 5.91 Å². The Morgan fingerprint density at radius 1 is 1.07 bits per heavy atom. The van der Waals surface area contributed by atoms with Crippen LogP contribution in [0.3, 0.4) is 0 Å². The number of hydrogen-bond acceptors (Lipinski definition) is 4. The molecule has 1 aromatic heterocycles. The first-order valence-electron chi connectivity index (χ1n) is 8.15. The van der Waals surface area contributed by atoms with Crippen LogP contribution in [-0.4, -0.2) is 11.8 Å². The van der Waals surface area contributed by atoms with Crippen molar-refractivity contribution in [1.29, 1.82) is 0 Å². The van der Waals surface area contributed by atoms with Crippen LogP contribution in [0.2, 0.25) is 5.02 Å². The molecule has 0 bridgehead atoms. The number of rotatable bonds is 6. The van der Waals surface area contributed by atoms with Gasteiger partial charge in [0.25, 0.3) is 5.91 Å². The van der Waals surface area contributed by atoms with E-state index in [4.69, 9.17) is 16.3 Å². The van der Waals surface area contributed by atoms with Crippen molar-refractivity contribution in [2.45, 2.75) is 13.5 Å². The summed E-state index contributed by atoms with van der Waals surface area (Å²) in [4.78, 5) is 24.9. The predicted molar refractivity (Wildman–Crippen MR) is 109 cm³/mol. The molecule has 0 radical (unpaired) electrons. The van der Waals surface area contributed by atoms with Gasteiger partial charge >= 0.3 is 0 Å². The van der Waals surface area contributed by atoms with Crippen LogP contribution in [0, 0.1) is 0 Å². The van der Waals surface area contributed by atoms with Crippen molar-refractivity contribution in [3.8, 4) is 5.75 Å². The van der Waals surface area contributed by atoms with Gasteiger partial charge < -0.3 is 15.4 Å². The maximum Gasteiger partial charge on any atom is 0.255 e. The average Bonchev–Trinajstić information content (AvgIpc) is 3.16. The molecule has 0 aliphatic heterocycles. The third-order valence-electron chi connectivity index (χ3n) is 3.59. The van der Waals surface area contributed by atoms with E-state index in [0.29, 0.717) is 34.3 Å². The average molecular weight is 401 g/mol. The molecular weight excluding hydrogens is 384 g/mol. The number of carbonyl (C=O) groups excluding carboxylic acids is 2. The lowest BCUT2D eigenvalue weighted by Gasteiger charge is -2.11. The summed E-state index contributed by atoms with van der Waals surface area (Å²) in [6, 6.07) is 15.8. The summed E-state index contributed by atoms with van der Waals surface area (Å²) >= 11 is 7.76. The summed E-state index contributed by atoms with van der Waals surface area (Å²) in [7, 11) is 0. The second-order valence-corrected chi connectivity index (χ2v) is 7.17. The molecule has 0 fully saturated rings. The molecule has 2 aromatic carbocycles. The van der Waals surface area contributed by atoms with Gasteiger partial charge in [-0.2, -0.15) is 0 Å². The number of carbonyl (C=O) groups is 2. The number of halogens is 1. The van der Waals surface area contributed by atoms with Crippen molar-refractivity contribution in [2.75, 3.05) is 10.6 Å². The van der Waals surface area contributed by atoms with Gasteiger partial charge in [-0.15, -0.1) is 11.3 Å². The highest BCUT2D eigenvalue weighted by Crippen LogP contribution is 2.26. The van der Waals surface area contributed by atoms with E-state index in [1.807, 2.05) is 17.5 Å². The molecule has 3 rings (SSSR count). The van der Waals surface area contributed by atoms with Crippen molar-refractivity contribution in [3.05, 3.63) is 75.4 Å². The lowest BCUT2D eigenvalue weighted by Crippen LogP contribution is -2.13. The smallest absolute Gasteiger partial charge is 0.255 e. The Hall–Kier alpha value is -2.83. The van der Waals surface area contributed by atoms with Crippen molar-refractivity contribution < 1.29 is 14.3 Å². The lowest BCUT2D eigenvalue weighted by molar-refractivity contribution is -0.114. The fourth-order valence-electron chi connectivity index (χ4n) is 2.37. The van der Waals surface area contributed by atoms with Crippen molar-refractivity contribution in [2.24, 2.45) is 0 Å². The van der Waals surface area contributed by atoms with Crippen LogP contribution in [0.25, 0.3) is 0 Å². The van der Waals surface area contributed by atoms with E-state index in [9.17, 15) is 9.59 Å². The second kappa shape index (κ2) is 8.70. The quantitative estimate of drug-likeness (QED) is 0.598. The Bertz CT molecular complexity index is 958. The molecular formula is C20H17ClN2O3S. The van der Waals surface area contributed by atoms with Gasteiger partial charge in [-0.3, -0.25) is 9.59 Å². The summed E-state index contributed by atoms with van der Waals surface area (Å²) in [5, 5.41) is 7.78. The molecule has 1 heterocycles. The highest BCUT2D eigenvalue weighted by atomic mass is 35.5. The SMILES string of the molecule is CC(=O)Nc1ccc(Cl)c(NC(=O)c2cccc(OCc3cccs3)c2)c1. The second-order valence-electron chi connectivity index (χ2n) is 5.73. The summed E-state index contributed by atoms with van der Waals surface area (Å²) in [6.07, 6.45) is 0. The summed E-state index contributed by atoms with van der Waals surface area (Å²) < 4.78 is 5.73. The zero-order valence-electron chi connectivity index (χ0n) is 14.5. The van der Waals surface area contributed by atoms with Gasteiger partial charge in [0.1, 0.15) is 12.4 Å². The fraction of sp³-hybridized carbons (Fsp3) is 0.100. The van der Waals surface area contributed by atoms with E-state index in [1.54, 1.807) is 53.8 Å². The highest BCUT2D eigenvalue weighted by Gasteiger charge is 2.11. The van der Waals surface area contributed by atoms with Crippen LogP contribution < -0.4 is 15.4 Å². The molecule has 3 aromatic rings. The zero-order chi connectivity index (χ0) is 19.2. The van der Waals surface area contributed by atoms with Crippen LogP contribution in [0.15, 0.2) is 60.0 Å². The van der Waals surface area contributed by atoms with Crippen LogP contribution in [0.4, 0.5) is 11.4 Å². The molecule has 0 aliphatic carbocycles. The number of thiophene rings is 1. The van der Waals surface area contributed by atoms with Crippen LogP contribution >= 0.6 is 22.9 Å². The van der Waals surface area contributed by atoms with Gasteiger partial charge in [-0.05, 0) is 47.8 Å². The van der Waals surface area contributed by atoms with Gasteiger partial charge in [0.05, 0.1) is 10.7 Å². The number of anilines is 2. The summed E-state index contributed by atoms with van der Waals surface area (Å²) in [5.41, 5.74) is 1.41. The first-order chi connectivity index (χ1) is 13.0. The Kier molecular flexibility index (Phi) is 6.11. The van der Waals surface area contributed by atoms with Crippen molar-refractivity contribution in [1.82, 2.24) is 0 Å². The van der Waals surface area contributed by atoms with Crippen LogP contribution in [0.5, 0.6) is 5.75 Å². The number of ether oxygens (including phenoxy) is 1. The Morgan fingerprint density at radius 2 is 1.93 bits per heavy atom. The van der Waals surface area contributed by atoms with E-state index in [-0.39, 0.29) is 11.8 Å². The predicted octanol–water partition coefficient (Wildman–Crippen LogP) is 5.19. The van der Waals surface area contributed by atoms with Crippen molar-refractivity contribution in [3.63, 3.8) is 0 Å². The first-order valence-corrected chi connectivity index (χ1v) is 9.41. The molecule has 27 heavy (non-hydrogen) atoms. The van der Waals surface area contributed by atoms with Crippen molar-refractivity contribution >= 4 is 46.1 Å². The molecule has 138 valence electrons. The molecule has 2 amide bonds. The summed E-state index contributed by atoms with van der Waals surface area (Å²) in [5.74, 6) is 0.0813. The minimum Gasteiger partial charge on any atom is -0.488 e. The number of hydrogen-bond donors (Lipinski definition) is 2. The highest BCUT2D eigenvalue weighted by molar-refractivity contribution is 7.09. The largest absolute Gasteiger partial charge is 0.488 e. The zero-order valence-corrected chi connectivity index (χ0v) is 16.1. The molecule has 0 aliphatic rings. The third kappa shape index (κ3) is 5.32. The molecule has 2 N–H and O–H groups in total. The number of benzene rings is 2. The van der Waals surface area contributed by atoms with Gasteiger partial charge in [-0.1, -0.05) is 23.7 Å². The molecule has 7 heteroatoms. The number of amides is 2. The van der Waals surface area contributed by atoms with Crippen LogP contribution in [0.1, 0.15) is 22.2 Å². The Labute approximate surface area is 165 Å². The minimum absolute atomic E-state index is 0.204. The molecule has 5 nitrogen and oxygen atoms in total. The van der Waals surface area contributed by atoms with E-state index in [1.165, 1.54) is 6.92 Å². The molecule has 0 saturated carbocycles. The Morgan fingerprint density at radius 3 is 2.67 bits per heavy atom. The van der Waals surface area contributed by atoms with E-state index >= 15 is 0 Å². The molecule has 0 spiro atoms. The minimum atomic E-state index is -0.321. The summed E-state index contributed by atoms with van der Waals surface area (Å²) in [6.45, 7) is 1.86. The fourth-order valence-corrected chi connectivity index (χ4v) is 3.15. The number of nitrogens with one attached hydrogen (secondary N) is 2.